The third-order valence-corrected chi connectivity index (χ3v) is 5.28. The SMILES string of the molecule is Cc1c(Cl)cccc1Nc1ncnc(N(Cc2ccccc2)c2ccccn2)c1[N+](=O)[O-]. The highest BCUT2D eigenvalue weighted by molar-refractivity contribution is 6.31. The number of hydrogen-bond acceptors (Lipinski definition) is 7. The fraction of sp³-hybridized carbons (Fsp3) is 0.0870. The van der Waals surface area contributed by atoms with Gasteiger partial charge >= 0.3 is 5.69 Å². The van der Waals surface area contributed by atoms with E-state index in [9.17, 15) is 10.1 Å². The Hall–Kier alpha value is -4.04. The molecule has 32 heavy (non-hydrogen) atoms. The maximum atomic E-state index is 12.2. The van der Waals surface area contributed by atoms with Gasteiger partial charge in [0, 0.05) is 16.9 Å². The van der Waals surface area contributed by atoms with Crippen LogP contribution in [0.4, 0.5) is 28.8 Å². The molecule has 0 aliphatic carbocycles. The molecule has 1 N–H and O–H groups in total. The summed E-state index contributed by atoms with van der Waals surface area (Å²) >= 11 is 6.21. The van der Waals surface area contributed by atoms with Crippen LogP contribution in [-0.2, 0) is 6.54 Å². The Morgan fingerprint density at radius 1 is 1.00 bits per heavy atom. The van der Waals surface area contributed by atoms with Gasteiger partial charge in [-0.15, -0.1) is 0 Å². The summed E-state index contributed by atoms with van der Waals surface area (Å²) in [4.78, 5) is 26.2. The molecule has 0 fully saturated rings. The van der Waals surface area contributed by atoms with Crippen LogP contribution in [0.25, 0.3) is 0 Å². The van der Waals surface area contributed by atoms with Gasteiger partial charge in [0.1, 0.15) is 12.1 Å². The summed E-state index contributed by atoms with van der Waals surface area (Å²) in [6.07, 6.45) is 2.93. The van der Waals surface area contributed by atoms with Crippen LogP contribution >= 0.6 is 11.6 Å². The van der Waals surface area contributed by atoms with E-state index in [1.165, 1.54) is 6.33 Å². The largest absolute Gasteiger partial charge is 0.354 e. The number of halogens is 1. The van der Waals surface area contributed by atoms with Crippen LogP contribution in [0, 0.1) is 17.0 Å². The molecule has 2 aromatic heterocycles. The second kappa shape index (κ2) is 9.40. The third kappa shape index (κ3) is 4.50. The van der Waals surface area contributed by atoms with Crippen LogP contribution in [-0.4, -0.2) is 19.9 Å². The zero-order valence-electron chi connectivity index (χ0n) is 17.1. The minimum Gasteiger partial charge on any atom is -0.334 e. The van der Waals surface area contributed by atoms with Crippen LogP contribution in [0.1, 0.15) is 11.1 Å². The number of nitrogens with zero attached hydrogens (tertiary/aromatic N) is 5. The molecular formula is C23H19ClN6O2. The van der Waals surface area contributed by atoms with Gasteiger partial charge in [-0.2, -0.15) is 0 Å². The van der Waals surface area contributed by atoms with Gasteiger partial charge in [-0.25, -0.2) is 15.0 Å². The van der Waals surface area contributed by atoms with E-state index in [0.29, 0.717) is 23.1 Å². The van der Waals surface area contributed by atoms with Crippen molar-refractivity contribution in [3.05, 3.63) is 106 Å². The van der Waals surface area contributed by atoms with Gasteiger partial charge in [0.25, 0.3) is 0 Å². The summed E-state index contributed by atoms with van der Waals surface area (Å²) in [5.41, 5.74) is 2.08. The Morgan fingerprint density at radius 3 is 2.50 bits per heavy atom. The van der Waals surface area contributed by atoms with E-state index in [2.05, 4.69) is 20.3 Å². The summed E-state index contributed by atoms with van der Waals surface area (Å²) in [6, 6.07) is 20.3. The standard InChI is InChI=1S/C23H19ClN6O2/c1-16-18(24)10-7-11-19(16)28-22-21(30(31)32)23(27-15-26-22)29(20-12-5-6-13-25-20)14-17-8-3-2-4-9-17/h2-13,15H,14H2,1H3,(H,26,27,28). The summed E-state index contributed by atoms with van der Waals surface area (Å²) in [7, 11) is 0. The molecule has 4 aromatic rings. The average molecular weight is 447 g/mol. The van der Waals surface area contributed by atoms with E-state index in [1.54, 1.807) is 41.4 Å². The molecule has 0 amide bonds. The van der Waals surface area contributed by atoms with Crippen LogP contribution in [0.2, 0.25) is 5.02 Å². The molecule has 0 aliphatic rings. The molecule has 0 radical (unpaired) electrons. The number of pyridine rings is 1. The van der Waals surface area contributed by atoms with E-state index in [1.807, 2.05) is 43.3 Å². The van der Waals surface area contributed by atoms with Crippen LogP contribution in [0.3, 0.4) is 0 Å². The molecule has 4 rings (SSSR count). The molecule has 8 nitrogen and oxygen atoms in total. The van der Waals surface area contributed by atoms with Crippen LogP contribution < -0.4 is 10.2 Å². The maximum Gasteiger partial charge on any atom is 0.354 e. The van der Waals surface area contributed by atoms with Crippen molar-refractivity contribution in [3.8, 4) is 0 Å². The number of rotatable bonds is 7. The minimum absolute atomic E-state index is 0.0689. The number of anilines is 4. The van der Waals surface area contributed by atoms with E-state index >= 15 is 0 Å². The first-order valence-electron chi connectivity index (χ1n) is 9.78. The molecule has 0 saturated heterocycles. The molecule has 9 heteroatoms. The van der Waals surface area contributed by atoms with Gasteiger partial charge in [0.15, 0.2) is 0 Å². The normalized spacial score (nSPS) is 10.6. The molecule has 2 heterocycles. The number of nitrogens with one attached hydrogen (secondary N) is 1. The first-order chi connectivity index (χ1) is 15.5. The molecule has 0 bridgehead atoms. The lowest BCUT2D eigenvalue weighted by Gasteiger charge is -2.23. The van der Waals surface area contributed by atoms with Crippen molar-refractivity contribution < 1.29 is 4.92 Å². The Labute approximate surface area is 189 Å². The number of aromatic nitrogens is 3. The van der Waals surface area contributed by atoms with Crippen molar-refractivity contribution in [2.45, 2.75) is 13.5 Å². The number of nitro groups is 1. The Morgan fingerprint density at radius 2 is 1.78 bits per heavy atom. The fourth-order valence-electron chi connectivity index (χ4n) is 3.24. The highest BCUT2D eigenvalue weighted by atomic mass is 35.5. The van der Waals surface area contributed by atoms with Crippen LogP contribution in [0.5, 0.6) is 0 Å². The fourth-order valence-corrected chi connectivity index (χ4v) is 3.42. The summed E-state index contributed by atoms with van der Waals surface area (Å²) in [6.45, 7) is 2.17. The molecule has 160 valence electrons. The lowest BCUT2D eigenvalue weighted by molar-refractivity contribution is -0.383. The molecule has 0 atom stereocenters. The second-order valence-electron chi connectivity index (χ2n) is 6.95. The van der Waals surface area contributed by atoms with Gasteiger partial charge in [-0.3, -0.25) is 10.1 Å². The lowest BCUT2D eigenvalue weighted by Crippen LogP contribution is -2.21. The molecule has 0 unspecified atom stereocenters. The van der Waals surface area contributed by atoms with Gasteiger partial charge in [-0.1, -0.05) is 54.1 Å². The predicted molar refractivity (Wildman–Crippen MR) is 125 cm³/mol. The monoisotopic (exact) mass is 446 g/mol. The molecule has 0 saturated carbocycles. The van der Waals surface area contributed by atoms with Crippen molar-refractivity contribution in [1.29, 1.82) is 0 Å². The van der Waals surface area contributed by atoms with E-state index < -0.39 is 4.92 Å². The van der Waals surface area contributed by atoms with Gasteiger partial charge in [-0.05, 0) is 42.3 Å². The van der Waals surface area contributed by atoms with Crippen molar-refractivity contribution in [2.75, 3.05) is 10.2 Å². The Bertz CT molecular complexity index is 1240. The maximum absolute atomic E-state index is 12.2. The summed E-state index contributed by atoms with van der Waals surface area (Å²) in [5.74, 6) is 0.733. The van der Waals surface area contributed by atoms with Gasteiger partial charge in [0.2, 0.25) is 11.6 Å². The van der Waals surface area contributed by atoms with E-state index in [4.69, 9.17) is 11.6 Å². The molecule has 2 aromatic carbocycles. The predicted octanol–water partition coefficient (Wildman–Crippen LogP) is 5.82. The summed E-state index contributed by atoms with van der Waals surface area (Å²) in [5, 5.41) is 15.8. The zero-order valence-corrected chi connectivity index (χ0v) is 17.9. The first kappa shape index (κ1) is 21.2. The topological polar surface area (TPSA) is 97.1 Å². The second-order valence-corrected chi connectivity index (χ2v) is 7.36. The highest BCUT2D eigenvalue weighted by Gasteiger charge is 2.29. The first-order valence-corrected chi connectivity index (χ1v) is 10.2. The van der Waals surface area contributed by atoms with Crippen molar-refractivity contribution >= 4 is 40.4 Å². The Balaban J connectivity index is 1.83. The zero-order chi connectivity index (χ0) is 22.5. The Kier molecular flexibility index (Phi) is 6.23. The van der Waals surface area contributed by atoms with Crippen LogP contribution in [0.15, 0.2) is 79.3 Å². The van der Waals surface area contributed by atoms with Crippen molar-refractivity contribution in [3.63, 3.8) is 0 Å². The van der Waals surface area contributed by atoms with Crippen molar-refractivity contribution in [2.24, 2.45) is 0 Å². The number of benzene rings is 2. The van der Waals surface area contributed by atoms with E-state index in [0.717, 1.165) is 11.1 Å². The highest BCUT2D eigenvalue weighted by Crippen LogP contribution is 2.38. The molecule has 0 aliphatic heterocycles. The molecular weight excluding hydrogens is 428 g/mol. The molecule has 0 spiro atoms. The minimum atomic E-state index is -0.488. The summed E-state index contributed by atoms with van der Waals surface area (Å²) < 4.78 is 0. The smallest absolute Gasteiger partial charge is 0.334 e. The van der Waals surface area contributed by atoms with Gasteiger partial charge in [0.05, 0.1) is 11.5 Å². The third-order valence-electron chi connectivity index (χ3n) is 4.87. The number of hydrogen-bond donors (Lipinski definition) is 1. The average Bonchev–Trinajstić information content (AvgIpc) is 2.81. The quantitative estimate of drug-likeness (QED) is 0.282. The van der Waals surface area contributed by atoms with Crippen molar-refractivity contribution in [1.82, 2.24) is 15.0 Å². The lowest BCUT2D eigenvalue weighted by atomic mass is 10.2. The van der Waals surface area contributed by atoms with Gasteiger partial charge < -0.3 is 10.2 Å². The van der Waals surface area contributed by atoms with E-state index in [-0.39, 0.29) is 17.3 Å².